The SMILES string of the molecule is C#CCCC(NC(=O)[C@@H]1C2C(CN1C(=O)[C@@H](NC(=O)NC1(CS(=O)(=O)Cc3c#cccc3)CCCCC1)C(C)(C)C)C2(C)C)C(=O)C(=O)NC/C=C\C. The summed E-state index contributed by atoms with van der Waals surface area (Å²) in [6, 6.07) is 6.76. The van der Waals surface area contributed by atoms with Crippen molar-refractivity contribution in [2.45, 2.75) is 116 Å². The molecule has 53 heavy (non-hydrogen) atoms. The Hall–Kier alpha value is -4.36. The molecule has 1 aliphatic heterocycles. The predicted octanol–water partition coefficient (Wildman–Crippen LogP) is 3.26. The third kappa shape index (κ3) is 10.2. The number of sulfone groups is 1. The molecular formula is C40H55N5O7S. The van der Waals surface area contributed by atoms with Crippen molar-refractivity contribution in [2.75, 3.05) is 18.8 Å². The second-order valence-electron chi connectivity index (χ2n) is 16.4. The number of hydrogen-bond donors (Lipinski definition) is 4. The van der Waals surface area contributed by atoms with Crippen LogP contribution < -0.4 is 21.3 Å². The van der Waals surface area contributed by atoms with E-state index in [1.807, 2.05) is 13.8 Å². The molecule has 0 bridgehead atoms. The van der Waals surface area contributed by atoms with Gasteiger partial charge in [0.1, 0.15) is 12.1 Å². The smallest absolute Gasteiger partial charge is 0.315 e. The molecule has 5 atom stereocenters. The standard InChI is InChI=1S/C40H55N5O7S/c1-8-10-20-29(32(46)35(48)41-23-11-9-2)42-34(47)31-30-28(39(30,6)7)24-45(31)36(49)33(38(3,4)5)43-37(50)44-40(21-16-13-17-22-40)26-53(51,52)25-27-18-14-12-15-19-27/h1,9,11-12,14,18,28-31,33H,10,13,16-17,20-26H2,2-7H3,(H,41,48)(H,42,47)(H2,43,44,50)/b11-9-/t28?,29?,30?,31-,33+/m0/s1. The summed E-state index contributed by atoms with van der Waals surface area (Å²) in [6.07, 6.45) is 12.4. The molecule has 0 radical (unpaired) electrons. The molecule has 4 N–H and O–H groups in total. The van der Waals surface area contributed by atoms with Crippen LogP contribution in [0.2, 0.25) is 0 Å². The zero-order chi connectivity index (χ0) is 39.2. The van der Waals surface area contributed by atoms with E-state index in [0.717, 1.165) is 19.3 Å². The Bertz CT molecular complexity index is 1700. The van der Waals surface area contributed by atoms with Crippen molar-refractivity contribution in [1.82, 2.24) is 26.2 Å². The van der Waals surface area contributed by atoms with Gasteiger partial charge in [0.15, 0.2) is 9.84 Å². The molecule has 2 aliphatic carbocycles. The van der Waals surface area contributed by atoms with Crippen molar-refractivity contribution in [2.24, 2.45) is 22.7 Å². The van der Waals surface area contributed by atoms with E-state index >= 15 is 0 Å². The number of ketones is 1. The number of carbonyl (C=O) groups is 5. The minimum absolute atomic E-state index is 0.0100. The number of fused-ring (bicyclic) bond motifs is 1. The highest BCUT2D eigenvalue weighted by molar-refractivity contribution is 7.90. The quantitative estimate of drug-likeness (QED) is 0.121. The van der Waals surface area contributed by atoms with Crippen molar-refractivity contribution in [3.63, 3.8) is 0 Å². The first-order chi connectivity index (χ1) is 24.9. The molecule has 3 fully saturated rings. The van der Waals surface area contributed by atoms with Crippen LogP contribution in [0.3, 0.4) is 0 Å². The fourth-order valence-corrected chi connectivity index (χ4v) is 9.97. The Morgan fingerprint density at radius 1 is 1.11 bits per heavy atom. The maximum atomic E-state index is 14.5. The first kappa shape index (κ1) is 41.4. The van der Waals surface area contributed by atoms with Gasteiger partial charge < -0.3 is 26.2 Å². The summed E-state index contributed by atoms with van der Waals surface area (Å²) in [4.78, 5) is 69.7. The number of Topliss-reactive ketones (excluding diaryl/α,β-unsaturated/α-hetero) is 1. The van der Waals surface area contributed by atoms with E-state index in [9.17, 15) is 32.4 Å². The topological polar surface area (TPSA) is 171 Å². The van der Waals surface area contributed by atoms with Gasteiger partial charge in [-0.15, -0.1) is 12.3 Å². The molecular weight excluding hydrogens is 695 g/mol. The number of terminal acetylenes is 1. The van der Waals surface area contributed by atoms with Gasteiger partial charge in [0, 0.05) is 25.1 Å². The van der Waals surface area contributed by atoms with E-state index in [2.05, 4.69) is 39.3 Å². The highest BCUT2D eigenvalue weighted by Gasteiger charge is 2.70. The van der Waals surface area contributed by atoms with E-state index in [4.69, 9.17) is 6.42 Å². The average Bonchev–Trinajstić information content (AvgIpc) is 3.38. The summed E-state index contributed by atoms with van der Waals surface area (Å²) < 4.78 is 26.8. The third-order valence-corrected chi connectivity index (χ3v) is 12.7. The monoisotopic (exact) mass is 749 g/mol. The number of allylic oxidation sites excluding steroid dienone is 1. The molecule has 288 valence electrons. The van der Waals surface area contributed by atoms with Gasteiger partial charge in [-0.1, -0.05) is 84.2 Å². The lowest BCUT2D eigenvalue weighted by Gasteiger charge is -2.40. The maximum absolute atomic E-state index is 14.5. The summed E-state index contributed by atoms with van der Waals surface area (Å²) in [7, 11) is -3.66. The fourth-order valence-electron chi connectivity index (χ4n) is 8.02. The van der Waals surface area contributed by atoms with Crippen LogP contribution in [0.4, 0.5) is 4.79 Å². The van der Waals surface area contributed by atoms with Crippen LogP contribution in [0.25, 0.3) is 0 Å². The Balaban J connectivity index is 1.53. The zero-order valence-electron chi connectivity index (χ0n) is 31.8. The molecule has 3 aliphatic rings. The third-order valence-electron chi connectivity index (χ3n) is 11.0. The molecule has 0 aromatic heterocycles. The number of rotatable bonds is 15. The molecule has 0 spiro atoms. The molecule has 5 amide bonds. The van der Waals surface area contributed by atoms with Crippen molar-refractivity contribution >= 4 is 39.4 Å². The molecule has 12 nitrogen and oxygen atoms in total. The number of piperidine rings is 1. The Morgan fingerprint density at radius 3 is 2.42 bits per heavy atom. The van der Waals surface area contributed by atoms with Gasteiger partial charge in [0.25, 0.3) is 5.91 Å². The zero-order valence-corrected chi connectivity index (χ0v) is 32.7. The number of nitrogens with one attached hydrogen (secondary N) is 4. The summed E-state index contributed by atoms with van der Waals surface area (Å²) in [5.41, 5.74) is -1.59. The average molecular weight is 750 g/mol. The second kappa shape index (κ2) is 16.8. The lowest BCUT2D eigenvalue weighted by Crippen LogP contribution is -2.64. The summed E-state index contributed by atoms with van der Waals surface area (Å²) >= 11 is 0. The maximum Gasteiger partial charge on any atom is 0.315 e. The Morgan fingerprint density at radius 2 is 1.81 bits per heavy atom. The fraction of sp³-hybridized carbons (Fsp3) is 0.625. The van der Waals surface area contributed by atoms with E-state index in [1.54, 1.807) is 58.0 Å². The van der Waals surface area contributed by atoms with Gasteiger partial charge in [0.05, 0.1) is 23.1 Å². The lowest BCUT2D eigenvalue weighted by atomic mass is 9.83. The molecule has 2 saturated carbocycles. The largest absolute Gasteiger partial charge is 0.346 e. The van der Waals surface area contributed by atoms with Crippen LogP contribution in [-0.4, -0.2) is 85.4 Å². The van der Waals surface area contributed by atoms with Gasteiger partial charge >= 0.3 is 6.03 Å². The van der Waals surface area contributed by atoms with Crippen LogP contribution in [0.1, 0.15) is 92.1 Å². The number of nitrogens with zero attached hydrogens (tertiary/aromatic N) is 1. The predicted molar refractivity (Wildman–Crippen MR) is 201 cm³/mol. The van der Waals surface area contributed by atoms with Crippen LogP contribution >= 0.6 is 0 Å². The van der Waals surface area contributed by atoms with Crippen LogP contribution in [0.15, 0.2) is 30.4 Å². The Labute approximate surface area is 315 Å². The van der Waals surface area contributed by atoms with Gasteiger partial charge in [-0.3, -0.25) is 19.2 Å². The van der Waals surface area contributed by atoms with Crippen LogP contribution in [0, 0.1) is 47.1 Å². The molecule has 1 heterocycles. The van der Waals surface area contributed by atoms with Crippen LogP contribution in [-0.2, 0) is 34.8 Å². The number of amides is 5. The van der Waals surface area contributed by atoms with Crippen molar-refractivity contribution < 1.29 is 32.4 Å². The molecule has 1 aromatic carbocycles. The normalized spacial score (nSPS) is 22.7. The van der Waals surface area contributed by atoms with E-state index < -0.39 is 68.5 Å². The summed E-state index contributed by atoms with van der Waals surface area (Å²) in [5.74, 6) is -0.938. The van der Waals surface area contributed by atoms with Gasteiger partial charge in [-0.05, 0) is 61.0 Å². The van der Waals surface area contributed by atoms with Crippen LogP contribution in [0.5, 0.6) is 0 Å². The van der Waals surface area contributed by atoms with Gasteiger partial charge in [-0.25, -0.2) is 13.2 Å². The molecule has 13 heteroatoms. The Kier molecular flexibility index (Phi) is 13.1. The minimum Gasteiger partial charge on any atom is -0.346 e. The number of likely N-dealkylation sites (tertiary alicyclic amines) is 1. The number of urea groups is 1. The summed E-state index contributed by atoms with van der Waals surface area (Å²) in [6.45, 7) is 11.7. The highest BCUT2D eigenvalue weighted by atomic mass is 32.2. The first-order valence-corrected chi connectivity index (χ1v) is 20.3. The number of hydrogen-bond acceptors (Lipinski definition) is 7. The van der Waals surface area contributed by atoms with Crippen molar-refractivity contribution in [1.29, 1.82) is 0 Å². The highest BCUT2D eigenvalue weighted by Crippen LogP contribution is 2.65. The summed E-state index contributed by atoms with van der Waals surface area (Å²) in [5, 5.41) is 11.1. The van der Waals surface area contributed by atoms with E-state index in [-0.39, 0.29) is 54.7 Å². The van der Waals surface area contributed by atoms with E-state index in [1.165, 1.54) is 4.90 Å². The molecule has 1 aromatic rings. The number of carbonyl (C=O) groups excluding carboxylic acids is 5. The van der Waals surface area contributed by atoms with Crippen molar-refractivity contribution in [3.8, 4) is 12.3 Å². The molecule has 3 unspecified atom stereocenters. The lowest BCUT2D eigenvalue weighted by molar-refractivity contribution is -0.145. The van der Waals surface area contributed by atoms with Crippen molar-refractivity contribution in [3.05, 3.63) is 48.0 Å². The molecule has 4 rings (SSSR count). The second-order valence-corrected chi connectivity index (χ2v) is 18.5. The first-order valence-electron chi connectivity index (χ1n) is 18.5. The van der Waals surface area contributed by atoms with Gasteiger partial charge in [-0.2, -0.15) is 0 Å². The van der Waals surface area contributed by atoms with E-state index in [0.29, 0.717) is 18.4 Å². The molecule has 1 saturated heterocycles. The minimum atomic E-state index is -3.66. The van der Waals surface area contributed by atoms with Gasteiger partial charge in [0.2, 0.25) is 17.6 Å².